The van der Waals surface area contributed by atoms with Gasteiger partial charge in [-0.25, -0.2) is 0 Å². The van der Waals surface area contributed by atoms with Crippen molar-refractivity contribution in [2.75, 3.05) is 4.90 Å². The molecule has 3 atom stereocenters. The highest BCUT2D eigenvalue weighted by Gasteiger charge is 2.63. The van der Waals surface area contributed by atoms with E-state index in [1.54, 1.807) is 0 Å². The molecule has 0 amide bonds. The number of fused-ring (bicyclic) bond motifs is 3. The zero-order valence-electron chi connectivity index (χ0n) is 16.9. The summed E-state index contributed by atoms with van der Waals surface area (Å²) >= 11 is 1.49. The van der Waals surface area contributed by atoms with Crippen molar-refractivity contribution in [2.24, 2.45) is 5.41 Å². The molecule has 0 aliphatic carbocycles. The van der Waals surface area contributed by atoms with Gasteiger partial charge in [-0.1, -0.05) is 66.2 Å². The van der Waals surface area contributed by atoms with Gasteiger partial charge in [0.25, 0.3) is 0 Å². The number of thiophene rings is 1. The normalized spacial score (nSPS) is 22.8. The molecule has 0 radical (unpaired) electrons. The Morgan fingerprint density at radius 2 is 1.77 bits per heavy atom. The predicted molar refractivity (Wildman–Crippen MR) is 122 cm³/mol. The third kappa shape index (κ3) is 2.75. The Balaban J connectivity index is 1.77. The van der Waals surface area contributed by atoms with E-state index in [9.17, 15) is 15.3 Å². The second-order valence-electron chi connectivity index (χ2n) is 8.03. The van der Waals surface area contributed by atoms with Crippen molar-refractivity contribution >= 4 is 28.9 Å². The predicted octanol–water partition coefficient (Wildman–Crippen LogP) is 5.34. The van der Waals surface area contributed by atoms with Gasteiger partial charge in [-0.3, -0.25) is 4.79 Å². The van der Waals surface area contributed by atoms with E-state index >= 15 is 0 Å². The van der Waals surface area contributed by atoms with E-state index in [1.165, 1.54) is 11.3 Å². The third-order valence-corrected chi connectivity index (χ3v) is 7.33. The minimum atomic E-state index is -1.38. The summed E-state index contributed by atoms with van der Waals surface area (Å²) in [5.41, 5.74) is 2.16. The number of rotatable bonds is 3. The number of carbonyl (C=O) groups excluding carboxylic acids is 1. The SMILES string of the molecule is Cc1ccc(C(=O)C2C(c3cccs3)C(C#N)(C#N)C3C=Cc4ccccc4N23)cc1. The Kier molecular flexibility index (Phi) is 4.50. The minimum absolute atomic E-state index is 0.0686. The fraction of sp³-hybridized carbons (Fsp3) is 0.192. The van der Waals surface area contributed by atoms with Gasteiger partial charge in [-0.05, 0) is 30.0 Å². The van der Waals surface area contributed by atoms with E-state index in [-0.39, 0.29) is 5.78 Å². The lowest BCUT2D eigenvalue weighted by atomic mass is 9.71. The molecule has 1 saturated heterocycles. The van der Waals surface area contributed by atoms with Gasteiger partial charge in [0.1, 0.15) is 6.04 Å². The molecule has 2 aromatic carbocycles. The van der Waals surface area contributed by atoms with Gasteiger partial charge >= 0.3 is 0 Å². The number of aryl methyl sites for hydroxylation is 1. The maximum absolute atomic E-state index is 14.0. The van der Waals surface area contributed by atoms with Crippen molar-refractivity contribution in [3.05, 3.63) is 93.7 Å². The van der Waals surface area contributed by atoms with Crippen LogP contribution in [0.2, 0.25) is 0 Å². The fourth-order valence-corrected chi connectivity index (χ4v) is 5.83. The second-order valence-corrected chi connectivity index (χ2v) is 9.01. The van der Waals surface area contributed by atoms with Crippen LogP contribution in [0.1, 0.15) is 32.3 Å². The summed E-state index contributed by atoms with van der Waals surface area (Å²) in [6.45, 7) is 1.98. The van der Waals surface area contributed by atoms with Crippen LogP contribution in [0.4, 0.5) is 5.69 Å². The molecule has 4 nitrogen and oxygen atoms in total. The van der Waals surface area contributed by atoms with Gasteiger partial charge in [0, 0.05) is 16.1 Å². The summed E-state index contributed by atoms with van der Waals surface area (Å²) in [4.78, 5) is 16.9. The van der Waals surface area contributed by atoms with E-state index < -0.39 is 23.4 Å². The zero-order chi connectivity index (χ0) is 21.6. The van der Waals surface area contributed by atoms with Crippen molar-refractivity contribution in [2.45, 2.75) is 24.9 Å². The fourth-order valence-electron chi connectivity index (χ4n) is 4.90. The first-order valence-corrected chi connectivity index (χ1v) is 11.0. The first-order valence-electron chi connectivity index (χ1n) is 10.1. The van der Waals surface area contributed by atoms with Gasteiger partial charge in [0.15, 0.2) is 11.2 Å². The molecule has 0 spiro atoms. The summed E-state index contributed by atoms with van der Waals surface area (Å²) in [6.07, 6.45) is 3.88. The Morgan fingerprint density at radius 3 is 2.45 bits per heavy atom. The molecule has 3 aromatic rings. The van der Waals surface area contributed by atoms with Crippen LogP contribution in [0.3, 0.4) is 0 Å². The zero-order valence-corrected chi connectivity index (χ0v) is 17.7. The van der Waals surface area contributed by atoms with E-state index in [0.29, 0.717) is 5.56 Å². The molecule has 5 rings (SSSR count). The molecule has 1 fully saturated rings. The number of carbonyl (C=O) groups is 1. The van der Waals surface area contributed by atoms with Gasteiger partial charge in [-0.15, -0.1) is 11.3 Å². The molecule has 1 aromatic heterocycles. The molecule has 3 unspecified atom stereocenters. The van der Waals surface area contributed by atoms with Crippen molar-refractivity contribution in [1.82, 2.24) is 0 Å². The number of benzene rings is 2. The Hall–Kier alpha value is -3.67. The number of Topliss-reactive ketones (excluding diaryl/α,β-unsaturated/α-hetero) is 1. The van der Waals surface area contributed by atoms with Crippen molar-refractivity contribution in [3.63, 3.8) is 0 Å². The van der Waals surface area contributed by atoms with E-state index in [0.717, 1.165) is 21.7 Å². The van der Waals surface area contributed by atoms with Gasteiger partial charge in [-0.2, -0.15) is 10.5 Å². The number of anilines is 1. The summed E-state index contributed by atoms with van der Waals surface area (Å²) in [6, 6.07) is 22.7. The number of para-hydroxylation sites is 1. The van der Waals surface area contributed by atoms with Crippen LogP contribution >= 0.6 is 11.3 Å². The largest absolute Gasteiger partial charge is 0.351 e. The second kappa shape index (κ2) is 7.23. The van der Waals surface area contributed by atoms with Crippen LogP contribution < -0.4 is 4.90 Å². The highest BCUT2D eigenvalue weighted by molar-refractivity contribution is 7.10. The number of ketones is 1. The average Bonchev–Trinajstić information content (AvgIpc) is 3.43. The van der Waals surface area contributed by atoms with E-state index in [1.807, 2.05) is 90.0 Å². The number of hydrogen-bond donors (Lipinski definition) is 0. The lowest BCUT2D eigenvalue weighted by Crippen LogP contribution is -2.44. The van der Waals surface area contributed by atoms with Gasteiger partial charge < -0.3 is 4.90 Å². The molecule has 3 heterocycles. The summed E-state index contributed by atoms with van der Waals surface area (Å²) in [5.74, 6) is -0.627. The molecule has 2 aliphatic rings. The first kappa shape index (κ1) is 19.3. The number of nitrogens with zero attached hydrogens (tertiary/aromatic N) is 3. The number of hydrogen-bond acceptors (Lipinski definition) is 5. The standard InChI is InChI=1S/C26H19N3OS/c1-17-8-10-19(11-9-17)25(30)24-23(21-7-4-14-31-21)26(15-27,16-28)22-13-12-18-5-2-3-6-20(18)29(22)24/h2-14,22-24H,1H3. The lowest BCUT2D eigenvalue weighted by Gasteiger charge is -2.35. The van der Waals surface area contributed by atoms with Crippen molar-refractivity contribution in [3.8, 4) is 12.1 Å². The first-order chi connectivity index (χ1) is 15.1. The lowest BCUT2D eigenvalue weighted by molar-refractivity contribution is 0.0951. The molecule has 31 heavy (non-hydrogen) atoms. The van der Waals surface area contributed by atoms with Crippen LogP contribution in [-0.2, 0) is 0 Å². The van der Waals surface area contributed by atoms with Gasteiger partial charge in [0.2, 0.25) is 0 Å². The Morgan fingerprint density at radius 1 is 1.03 bits per heavy atom. The van der Waals surface area contributed by atoms with Crippen LogP contribution in [0.15, 0.2) is 72.1 Å². The quantitative estimate of drug-likeness (QED) is 0.535. The Labute approximate surface area is 185 Å². The smallest absolute Gasteiger partial charge is 0.185 e. The molecular formula is C26H19N3OS. The van der Waals surface area contributed by atoms with Crippen LogP contribution in [0.25, 0.3) is 6.08 Å². The monoisotopic (exact) mass is 421 g/mol. The van der Waals surface area contributed by atoms with E-state index in [2.05, 4.69) is 12.1 Å². The summed E-state index contributed by atoms with van der Waals surface area (Å²) < 4.78 is 0. The minimum Gasteiger partial charge on any atom is -0.351 e. The topological polar surface area (TPSA) is 67.9 Å². The third-order valence-electron chi connectivity index (χ3n) is 6.37. The molecule has 150 valence electrons. The summed E-state index contributed by atoms with van der Waals surface area (Å²) in [5, 5.41) is 22.6. The Bertz CT molecular complexity index is 1250. The van der Waals surface area contributed by atoms with Crippen molar-refractivity contribution < 1.29 is 4.79 Å². The number of nitriles is 2. The molecule has 2 aliphatic heterocycles. The van der Waals surface area contributed by atoms with Crippen LogP contribution in [-0.4, -0.2) is 17.9 Å². The maximum Gasteiger partial charge on any atom is 0.185 e. The molecule has 0 bridgehead atoms. The molecular weight excluding hydrogens is 402 g/mol. The highest BCUT2D eigenvalue weighted by Crippen LogP contribution is 2.56. The molecule has 5 heteroatoms. The van der Waals surface area contributed by atoms with Crippen LogP contribution in [0.5, 0.6) is 0 Å². The summed E-state index contributed by atoms with van der Waals surface area (Å²) in [7, 11) is 0. The van der Waals surface area contributed by atoms with Crippen molar-refractivity contribution in [1.29, 1.82) is 10.5 Å². The van der Waals surface area contributed by atoms with Crippen LogP contribution in [0, 0.1) is 35.0 Å². The van der Waals surface area contributed by atoms with E-state index in [4.69, 9.17) is 0 Å². The average molecular weight is 422 g/mol. The highest BCUT2D eigenvalue weighted by atomic mass is 32.1. The van der Waals surface area contributed by atoms with Gasteiger partial charge in [0.05, 0.1) is 24.1 Å². The molecule has 0 saturated carbocycles. The molecule has 0 N–H and O–H groups in total. The maximum atomic E-state index is 14.0.